The number of halogens is 1. The quantitative estimate of drug-likeness (QED) is 0.154. The van der Waals surface area contributed by atoms with Crippen LogP contribution in [0.5, 0.6) is 0 Å². The van der Waals surface area contributed by atoms with Crippen LogP contribution in [0.25, 0.3) is 0 Å². The average molecular weight is 689 g/mol. The summed E-state index contributed by atoms with van der Waals surface area (Å²) in [6.07, 6.45) is 4.56. The van der Waals surface area contributed by atoms with Gasteiger partial charge < -0.3 is 29.7 Å². The molecule has 3 aliphatic rings. The number of amides is 3. The molecule has 0 radical (unpaired) electrons. The molecule has 0 aromatic heterocycles. The summed E-state index contributed by atoms with van der Waals surface area (Å²) in [5.41, 5.74) is -0.595. The Balaban J connectivity index is 1.68. The van der Waals surface area contributed by atoms with Crippen LogP contribution in [0.4, 0.5) is 0 Å². The maximum absolute atomic E-state index is 14.5. The summed E-state index contributed by atoms with van der Waals surface area (Å²) < 4.78 is 12.7. The Morgan fingerprint density at radius 1 is 1.24 bits per heavy atom. The van der Waals surface area contributed by atoms with Crippen molar-refractivity contribution in [2.75, 3.05) is 19.7 Å². The largest absolute Gasteiger partial charge is 0.455 e. The molecule has 3 fully saturated rings. The van der Waals surface area contributed by atoms with Gasteiger partial charge in [-0.15, -0.1) is 13.2 Å². The van der Waals surface area contributed by atoms with Gasteiger partial charge >= 0.3 is 5.97 Å². The van der Waals surface area contributed by atoms with Crippen LogP contribution in [-0.4, -0.2) is 93.0 Å². The van der Waals surface area contributed by atoms with Gasteiger partial charge in [-0.1, -0.05) is 71.8 Å². The molecule has 1 aromatic rings. The van der Waals surface area contributed by atoms with Crippen molar-refractivity contribution in [3.8, 4) is 0 Å². The molecule has 2 bridgehead atoms. The second-order valence-corrected chi connectivity index (χ2v) is 13.5. The lowest BCUT2D eigenvalue weighted by atomic mass is 9.70. The van der Waals surface area contributed by atoms with E-state index in [2.05, 4.69) is 34.4 Å². The van der Waals surface area contributed by atoms with E-state index in [0.29, 0.717) is 18.4 Å². The zero-order valence-electron chi connectivity index (χ0n) is 26.4. The molecule has 2 N–H and O–H groups in total. The van der Waals surface area contributed by atoms with E-state index in [1.54, 1.807) is 24.0 Å². The maximum atomic E-state index is 14.5. The van der Waals surface area contributed by atoms with Gasteiger partial charge in [0.05, 0.1) is 37.1 Å². The van der Waals surface area contributed by atoms with Gasteiger partial charge in [-0.2, -0.15) is 0 Å². The lowest BCUT2D eigenvalue weighted by molar-refractivity contribution is -0.161. The normalized spacial score (nSPS) is 28.6. The number of likely N-dealkylation sites (tertiary alicyclic amines) is 1. The lowest BCUT2D eigenvalue weighted by Gasteiger charge is -2.40. The van der Waals surface area contributed by atoms with E-state index >= 15 is 0 Å². The molecule has 3 amide bonds. The van der Waals surface area contributed by atoms with Gasteiger partial charge in [0.25, 0.3) is 0 Å². The number of nitrogens with zero attached hydrogens (tertiary/aromatic N) is 2. The van der Waals surface area contributed by atoms with Gasteiger partial charge in [-0.05, 0) is 38.7 Å². The SMILES string of the molecule is C=CCCC(=O)NC[C@@H](OC(=O)[C@@H]1[C@H]2O[C@@]3(CC2Br)[C@H](C(=O)N(CC=C)C(C)CCC)N([C@H](C)CO)C(=O)[C@@H]13)c1ccccc1. The number of fused-ring (bicyclic) bond motifs is 1. The van der Waals surface area contributed by atoms with E-state index in [-0.39, 0.29) is 48.8 Å². The molecule has 3 saturated heterocycles. The number of ether oxygens (including phenoxy) is 2. The fourth-order valence-corrected chi connectivity index (χ4v) is 8.12. The van der Waals surface area contributed by atoms with Gasteiger partial charge in [-0.25, -0.2) is 0 Å². The van der Waals surface area contributed by atoms with Crippen LogP contribution in [-0.2, 0) is 28.7 Å². The highest BCUT2D eigenvalue weighted by Crippen LogP contribution is 2.61. The second kappa shape index (κ2) is 15.0. The van der Waals surface area contributed by atoms with E-state index < -0.39 is 53.6 Å². The molecule has 2 unspecified atom stereocenters. The molecule has 3 aliphatic heterocycles. The number of hydrogen-bond acceptors (Lipinski definition) is 7. The second-order valence-electron chi connectivity index (χ2n) is 12.3. The number of benzene rings is 1. The number of aliphatic hydroxyl groups excluding tert-OH is 1. The summed E-state index contributed by atoms with van der Waals surface area (Å²) >= 11 is 3.69. The number of aliphatic hydroxyl groups is 1. The van der Waals surface area contributed by atoms with E-state index in [1.165, 1.54) is 4.90 Å². The summed E-state index contributed by atoms with van der Waals surface area (Å²) in [5, 5.41) is 13.0. The topological polar surface area (TPSA) is 125 Å². The first-order valence-electron chi connectivity index (χ1n) is 15.8. The molecular weight excluding hydrogens is 642 g/mol. The lowest BCUT2D eigenvalue weighted by Crippen LogP contribution is -2.59. The molecule has 0 aliphatic carbocycles. The molecule has 9 atom stereocenters. The van der Waals surface area contributed by atoms with E-state index in [1.807, 2.05) is 44.2 Å². The fourth-order valence-electron chi connectivity index (χ4n) is 7.18. The zero-order valence-corrected chi connectivity index (χ0v) is 28.0. The van der Waals surface area contributed by atoms with E-state index in [9.17, 15) is 24.3 Å². The van der Waals surface area contributed by atoms with Gasteiger partial charge in [0.15, 0.2) is 0 Å². The van der Waals surface area contributed by atoms with Crippen LogP contribution in [0.3, 0.4) is 0 Å². The third-order valence-corrected chi connectivity index (χ3v) is 10.2. The minimum atomic E-state index is -1.29. The number of hydrogen-bond donors (Lipinski definition) is 2. The van der Waals surface area contributed by atoms with Gasteiger partial charge in [0.2, 0.25) is 17.7 Å². The highest BCUT2D eigenvalue weighted by molar-refractivity contribution is 9.09. The molecule has 1 aromatic carbocycles. The Bertz CT molecular complexity index is 1260. The van der Waals surface area contributed by atoms with Crippen molar-refractivity contribution in [3.63, 3.8) is 0 Å². The summed E-state index contributed by atoms with van der Waals surface area (Å²) in [6.45, 7) is 13.2. The summed E-state index contributed by atoms with van der Waals surface area (Å²) in [7, 11) is 0. The van der Waals surface area contributed by atoms with E-state index in [4.69, 9.17) is 9.47 Å². The number of carbonyl (C=O) groups is 4. The van der Waals surface area contributed by atoms with Crippen LogP contribution in [0.2, 0.25) is 0 Å². The Morgan fingerprint density at radius 3 is 2.58 bits per heavy atom. The Hall–Kier alpha value is -3.02. The smallest absolute Gasteiger partial charge is 0.313 e. The molecular formula is C34H46BrN3O7. The van der Waals surface area contributed by atoms with Crippen LogP contribution in [0.15, 0.2) is 55.6 Å². The molecule has 1 spiro atoms. The molecule has 10 nitrogen and oxygen atoms in total. The molecule has 4 rings (SSSR count). The average Bonchev–Trinajstić information content (AvgIpc) is 3.63. The highest BCUT2D eigenvalue weighted by atomic mass is 79.9. The number of rotatable bonds is 16. The third-order valence-electron chi connectivity index (χ3n) is 9.31. The first-order valence-corrected chi connectivity index (χ1v) is 16.8. The van der Waals surface area contributed by atoms with Gasteiger partial charge in [0.1, 0.15) is 17.7 Å². The van der Waals surface area contributed by atoms with Crippen molar-refractivity contribution in [3.05, 3.63) is 61.2 Å². The molecule has 246 valence electrons. The number of alkyl halides is 1. The third kappa shape index (κ3) is 6.76. The molecule has 45 heavy (non-hydrogen) atoms. The number of allylic oxidation sites excluding steroid dienone is 1. The predicted molar refractivity (Wildman–Crippen MR) is 173 cm³/mol. The first kappa shape index (κ1) is 34.8. The highest BCUT2D eigenvalue weighted by Gasteiger charge is 2.77. The fraction of sp³-hybridized carbons (Fsp3) is 0.588. The van der Waals surface area contributed by atoms with Crippen molar-refractivity contribution >= 4 is 39.6 Å². The minimum Gasteiger partial charge on any atom is -0.455 e. The van der Waals surface area contributed by atoms with Crippen LogP contribution < -0.4 is 5.32 Å². The number of carbonyl (C=O) groups excluding carboxylic acids is 4. The van der Waals surface area contributed by atoms with Gasteiger partial charge in [0, 0.05) is 23.8 Å². The summed E-state index contributed by atoms with van der Waals surface area (Å²) in [5.74, 6) is -3.49. The number of nitrogens with one attached hydrogen (secondary N) is 1. The summed E-state index contributed by atoms with van der Waals surface area (Å²) in [4.78, 5) is 58.2. The van der Waals surface area contributed by atoms with Gasteiger partial charge in [-0.3, -0.25) is 19.2 Å². The van der Waals surface area contributed by atoms with E-state index in [0.717, 1.165) is 12.8 Å². The van der Waals surface area contributed by atoms with Crippen molar-refractivity contribution in [1.29, 1.82) is 0 Å². The van der Waals surface area contributed by atoms with Crippen molar-refractivity contribution in [2.45, 2.75) is 93.6 Å². The Morgan fingerprint density at radius 2 is 1.96 bits per heavy atom. The first-order chi connectivity index (χ1) is 21.6. The summed E-state index contributed by atoms with van der Waals surface area (Å²) in [6, 6.07) is 7.26. The van der Waals surface area contributed by atoms with Crippen LogP contribution in [0, 0.1) is 11.8 Å². The van der Waals surface area contributed by atoms with Crippen LogP contribution in [0.1, 0.15) is 64.5 Å². The Labute approximate surface area is 274 Å². The molecule has 3 heterocycles. The number of esters is 1. The van der Waals surface area contributed by atoms with Crippen molar-refractivity contribution in [2.24, 2.45) is 11.8 Å². The maximum Gasteiger partial charge on any atom is 0.313 e. The predicted octanol–water partition coefficient (Wildman–Crippen LogP) is 3.69. The molecule has 11 heteroatoms. The minimum absolute atomic E-state index is 0.0477. The standard InChI is InChI=1S/C34H46BrN3O7/c1-6-9-16-26(40)36-19-25(23-14-11-10-12-15-23)44-33(43)27-28-31(41)38(22(5)20-39)30(34(28)18-24(35)29(27)45-34)32(42)37(17-8-3)21(4)13-7-2/h6,8,10-12,14-15,21-22,24-25,27-30,39H,1,3,7,9,13,16-20H2,2,4-5H3,(H,36,40)/t21?,22-,24?,25-,27+,28-,29+,30+,34-/m1/s1. The van der Waals surface area contributed by atoms with Crippen molar-refractivity contribution in [1.82, 2.24) is 15.1 Å². The molecule has 0 saturated carbocycles. The van der Waals surface area contributed by atoms with Crippen molar-refractivity contribution < 1.29 is 33.8 Å². The van der Waals surface area contributed by atoms with Crippen LogP contribution >= 0.6 is 15.9 Å². The monoisotopic (exact) mass is 687 g/mol. The Kier molecular flexibility index (Phi) is 11.7. The zero-order chi connectivity index (χ0) is 32.9.